The highest BCUT2D eigenvalue weighted by atomic mass is 19.4. The first-order valence-electron chi connectivity index (χ1n) is 4.69. The fourth-order valence-electron chi connectivity index (χ4n) is 1.81. The van der Waals surface area contributed by atoms with E-state index in [0.717, 1.165) is 4.90 Å². The summed E-state index contributed by atoms with van der Waals surface area (Å²) >= 11 is 0. The predicted molar refractivity (Wildman–Crippen MR) is 46.1 cm³/mol. The van der Waals surface area contributed by atoms with Crippen molar-refractivity contribution in [3.63, 3.8) is 0 Å². The predicted octanol–water partition coefficient (Wildman–Crippen LogP) is 1.52. The maximum atomic E-state index is 12.1. The van der Waals surface area contributed by atoms with Gasteiger partial charge in [0.05, 0.1) is 0 Å². The quantitative estimate of drug-likeness (QED) is 0.711. The topological polar surface area (TPSA) is 37.4 Å². The van der Waals surface area contributed by atoms with E-state index in [2.05, 4.69) is 0 Å². The van der Waals surface area contributed by atoms with Crippen molar-refractivity contribution < 1.29 is 22.8 Å². The molecular weight excluding hydrogens is 211 g/mol. The lowest BCUT2D eigenvalue weighted by Crippen LogP contribution is -2.44. The van der Waals surface area contributed by atoms with Crippen LogP contribution >= 0.6 is 0 Å². The lowest BCUT2D eigenvalue weighted by atomic mass is 10.1. The molecule has 0 aromatic heterocycles. The molecule has 15 heavy (non-hydrogen) atoms. The zero-order chi connectivity index (χ0) is 11.6. The van der Waals surface area contributed by atoms with Gasteiger partial charge in [-0.25, -0.2) is 0 Å². The van der Waals surface area contributed by atoms with Crippen molar-refractivity contribution in [3.05, 3.63) is 0 Å². The molecule has 1 amide bonds. The standard InChI is InChI=1S/C9H12F3NO2/c1-6(14)5-7-3-2-4-13(7)8(15)9(10,11)12/h7H,2-5H2,1H3. The maximum absolute atomic E-state index is 12.1. The van der Waals surface area contributed by atoms with E-state index in [1.165, 1.54) is 6.92 Å². The number of Topliss-reactive ketones (excluding diaryl/α,β-unsaturated/α-hetero) is 1. The zero-order valence-electron chi connectivity index (χ0n) is 8.30. The number of hydrogen-bond donors (Lipinski definition) is 0. The minimum absolute atomic E-state index is 0.0157. The Morgan fingerprint density at radius 3 is 2.47 bits per heavy atom. The number of amides is 1. The van der Waals surface area contributed by atoms with Crippen molar-refractivity contribution >= 4 is 11.7 Å². The molecule has 3 nitrogen and oxygen atoms in total. The Bertz CT molecular complexity index is 275. The highest BCUT2D eigenvalue weighted by Crippen LogP contribution is 2.27. The first-order valence-corrected chi connectivity index (χ1v) is 4.69. The van der Waals surface area contributed by atoms with Crippen LogP contribution in [0.4, 0.5) is 13.2 Å². The number of rotatable bonds is 2. The Labute approximate surface area is 85.2 Å². The van der Waals surface area contributed by atoms with Crippen LogP contribution in [0.5, 0.6) is 0 Å². The Hall–Kier alpha value is -1.07. The Kier molecular flexibility index (Phi) is 3.36. The minimum atomic E-state index is -4.83. The van der Waals surface area contributed by atoms with Crippen LogP contribution in [-0.4, -0.2) is 35.4 Å². The molecule has 1 aliphatic rings. The molecule has 1 saturated heterocycles. The van der Waals surface area contributed by atoms with Gasteiger partial charge in [-0.2, -0.15) is 13.2 Å². The number of likely N-dealkylation sites (tertiary alicyclic amines) is 1. The normalized spacial score (nSPS) is 21.9. The van der Waals surface area contributed by atoms with Gasteiger partial charge >= 0.3 is 12.1 Å². The largest absolute Gasteiger partial charge is 0.471 e. The van der Waals surface area contributed by atoms with Crippen molar-refractivity contribution in [2.24, 2.45) is 0 Å². The highest BCUT2D eigenvalue weighted by Gasteiger charge is 2.45. The van der Waals surface area contributed by atoms with Crippen LogP contribution in [0.25, 0.3) is 0 Å². The summed E-state index contributed by atoms with van der Waals surface area (Å²) in [6.07, 6.45) is -3.82. The van der Waals surface area contributed by atoms with Gasteiger partial charge in [0.15, 0.2) is 0 Å². The summed E-state index contributed by atoms with van der Waals surface area (Å²) in [4.78, 5) is 22.5. The smallest absolute Gasteiger partial charge is 0.331 e. The molecule has 0 radical (unpaired) electrons. The minimum Gasteiger partial charge on any atom is -0.331 e. The molecule has 86 valence electrons. The van der Waals surface area contributed by atoms with Gasteiger partial charge in [-0.15, -0.1) is 0 Å². The van der Waals surface area contributed by atoms with Crippen LogP contribution in [0.3, 0.4) is 0 Å². The van der Waals surface area contributed by atoms with Crippen molar-refractivity contribution in [2.45, 2.75) is 38.4 Å². The van der Waals surface area contributed by atoms with Gasteiger partial charge in [-0.1, -0.05) is 0 Å². The first kappa shape index (κ1) is 12.0. The number of halogens is 3. The molecule has 1 atom stereocenters. The fraction of sp³-hybridized carbons (Fsp3) is 0.778. The maximum Gasteiger partial charge on any atom is 0.471 e. The summed E-state index contributed by atoms with van der Waals surface area (Å²) < 4.78 is 36.4. The van der Waals surface area contributed by atoms with Gasteiger partial charge in [-0.05, 0) is 19.8 Å². The molecular formula is C9H12F3NO2. The third kappa shape index (κ3) is 2.94. The third-order valence-electron chi connectivity index (χ3n) is 2.40. The van der Waals surface area contributed by atoms with Gasteiger partial charge in [0.2, 0.25) is 0 Å². The summed E-state index contributed by atoms with van der Waals surface area (Å²) in [6.45, 7) is 1.41. The molecule has 1 unspecified atom stereocenters. The summed E-state index contributed by atoms with van der Waals surface area (Å²) in [7, 11) is 0. The van der Waals surface area contributed by atoms with E-state index in [1.807, 2.05) is 0 Å². The van der Waals surface area contributed by atoms with Crippen molar-refractivity contribution in [1.29, 1.82) is 0 Å². The number of alkyl halides is 3. The lowest BCUT2D eigenvalue weighted by Gasteiger charge is -2.24. The molecule has 0 saturated carbocycles. The van der Waals surface area contributed by atoms with Crippen LogP contribution in [-0.2, 0) is 9.59 Å². The number of hydrogen-bond acceptors (Lipinski definition) is 2. The van der Waals surface area contributed by atoms with E-state index in [0.29, 0.717) is 12.8 Å². The lowest BCUT2D eigenvalue weighted by molar-refractivity contribution is -0.186. The Balaban J connectivity index is 2.68. The second kappa shape index (κ2) is 4.20. The second-order valence-corrected chi connectivity index (χ2v) is 3.70. The molecule has 0 aliphatic carbocycles. The Morgan fingerprint density at radius 1 is 1.40 bits per heavy atom. The molecule has 0 N–H and O–H groups in total. The van der Waals surface area contributed by atoms with Gasteiger partial charge in [0, 0.05) is 19.0 Å². The average molecular weight is 223 g/mol. The molecule has 0 spiro atoms. The number of ketones is 1. The van der Waals surface area contributed by atoms with E-state index < -0.39 is 18.1 Å². The highest BCUT2D eigenvalue weighted by molar-refractivity contribution is 5.83. The van der Waals surface area contributed by atoms with E-state index in [4.69, 9.17) is 0 Å². The molecule has 0 aromatic carbocycles. The molecule has 0 bridgehead atoms. The van der Waals surface area contributed by atoms with Gasteiger partial charge in [0.25, 0.3) is 0 Å². The van der Waals surface area contributed by atoms with Crippen molar-refractivity contribution in [2.75, 3.05) is 6.54 Å². The van der Waals surface area contributed by atoms with Crippen molar-refractivity contribution in [3.8, 4) is 0 Å². The summed E-state index contributed by atoms with van der Waals surface area (Å²) in [5, 5.41) is 0. The van der Waals surface area contributed by atoms with Gasteiger partial charge in [0.1, 0.15) is 5.78 Å². The third-order valence-corrected chi connectivity index (χ3v) is 2.40. The molecule has 0 aromatic rings. The van der Waals surface area contributed by atoms with Crippen molar-refractivity contribution in [1.82, 2.24) is 4.90 Å². The van der Waals surface area contributed by atoms with E-state index in [1.54, 1.807) is 0 Å². The summed E-state index contributed by atoms with van der Waals surface area (Å²) in [5.41, 5.74) is 0. The monoisotopic (exact) mass is 223 g/mol. The first-order chi connectivity index (χ1) is 6.82. The molecule has 1 aliphatic heterocycles. The van der Waals surface area contributed by atoms with E-state index in [9.17, 15) is 22.8 Å². The van der Waals surface area contributed by atoms with Crippen LogP contribution in [0.1, 0.15) is 26.2 Å². The molecule has 1 heterocycles. The summed E-state index contributed by atoms with van der Waals surface area (Å²) in [6, 6.07) is -0.573. The van der Waals surface area contributed by atoms with E-state index >= 15 is 0 Å². The van der Waals surface area contributed by atoms with Gasteiger partial charge in [-0.3, -0.25) is 9.59 Å². The number of nitrogens with zero attached hydrogens (tertiary/aromatic N) is 1. The van der Waals surface area contributed by atoms with Crippen LogP contribution in [0, 0.1) is 0 Å². The average Bonchev–Trinajstić information content (AvgIpc) is 2.48. The van der Waals surface area contributed by atoms with Gasteiger partial charge < -0.3 is 4.90 Å². The second-order valence-electron chi connectivity index (χ2n) is 3.70. The fourth-order valence-corrected chi connectivity index (χ4v) is 1.81. The van der Waals surface area contributed by atoms with Crippen LogP contribution < -0.4 is 0 Å². The zero-order valence-corrected chi connectivity index (χ0v) is 8.30. The number of carbonyl (C=O) groups excluding carboxylic acids is 2. The summed E-state index contributed by atoms with van der Waals surface area (Å²) in [5.74, 6) is -2.02. The molecule has 1 fully saturated rings. The van der Waals surface area contributed by atoms with E-state index in [-0.39, 0.29) is 18.7 Å². The Morgan fingerprint density at radius 2 is 2.00 bits per heavy atom. The van der Waals surface area contributed by atoms with Crippen LogP contribution in [0.2, 0.25) is 0 Å². The number of carbonyl (C=O) groups is 2. The SMILES string of the molecule is CC(=O)CC1CCCN1C(=O)C(F)(F)F. The van der Waals surface area contributed by atoms with Crippen LogP contribution in [0.15, 0.2) is 0 Å². The molecule has 6 heteroatoms. The molecule has 1 rings (SSSR count).